The maximum atomic E-state index is 10.8. The SMILES string of the molecule is C=C(OC(C)=O)C(=O)OCCC#N. The van der Waals surface area contributed by atoms with Crippen LogP contribution in [0.1, 0.15) is 13.3 Å². The Morgan fingerprint density at radius 3 is 2.62 bits per heavy atom. The van der Waals surface area contributed by atoms with Crippen molar-refractivity contribution in [2.45, 2.75) is 13.3 Å². The topological polar surface area (TPSA) is 76.4 Å². The Bertz CT molecular complexity index is 264. The molecule has 70 valence electrons. The molecule has 0 unspecified atom stereocenters. The van der Waals surface area contributed by atoms with Gasteiger partial charge in [0.15, 0.2) is 0 Å². The second-order valence-electron chi connectivity index (χ2n) is 2.06. The van der Waals surface area contributed by atoms with E-state index in [9.17, 15) is 9.59 Å². The minimum atomic E-state index is -0.828. The van der Waals surface area contributed by atoms with Gasteiger partial charge in [0.05, 0.1) is 12.5 Å². The predicted octanol–water partition coefficient (Wildman–Crippen LogP) is 0.520. The molecule has 0 rings (SSSR count). The first-order valence-electron chi connectivity index (χ1n) is 3.49. The van der Waals surface area contributed by atoms with Gasteiger partial charge in [0.25, 0.3) is 0 Å². The van der Waals surface area contributed by atoms with Crippen LogP contribution in [-0.2, 0) is 19.1 Å². The lowest BCUT2D eigenvalue weighted by Crippen LogP contribution is -2.12. The van der Waals surface area contributed by atoms with E-state index in [1.165, 1.54) is 0 Å². The molecule has 0 aliphatic rings. The molecular formula is C8H9NO4. The van der Waals surface area contributed by atoms with E-state index in [0.29, 0.717) is 0 Å². The third-order valence-corrected chi connectivity index (χ3v) is 0.942. The summed E-state index contributed by atoms with van der Waals surface area (Å²) in [5.74, 6) is -1.84. The summed E-state index contributed by atoms with van der Waals surface area (Å²) in [6.45, 7) is 4.29. The summed E-state index contributed by atoms with van der Waals surface area (Å²) in [5.41, 5.74) is 0. The lowest BCUT2D eigenvalue weighted by molar-refractivity contribution is -0.150. The van der Waals surface area contributed by atoms with Crippen LogP contribution in [0.3, 0.4) is 0 Å². The van der Waals surface area contributed by atoms with Gasteiger partial charge in [-0.3, -0.25) is 4.79 Å². The highest BCUT2D eigenvalue weighted by Gasteiger charge is 2.11. The van der Waals surface area contributed by atoms with Gasteiger partial charge in [0.1, 0.15) is 6.61 Å². The van der Waals surface area contributed by atoms with Crippen LogP contribution >= 0.6 is 0 Å². The first kappa shape index (κ1) is 11.2. The second-order valence-corrected chi connectivity index (χ2v) is 2.06. The van der Waals surface area contributed by atoms with Crippen LogP contribution in [0.25, 0.3) is 0 Å². The van der Waals surface area contributed by atoms with Crippen molar-refractivity contribution < 1.29 is 19.1 Å². The van der Waals surface area contributed by atoms with Crippen LogP contribution in [0, 0.1) is 11.3 Å². The second kappa shape index (κ2) is 5.77. The molecule has 0 saturated heterocycles. The lowest BCUT2D eigenvalue weighted by Gasteiger charge is -2.03. The van der Waals surface area contributed by atoms with Crippen molar-refractivity contribution >= 4 is 11.9 Å². The van der Waals surface area contributed by atoms with Gasteiger partial charge in [0.2, 0.25) is 5.76 Å². The molecule has 0 atom stereocenters. The largest absolute Gasteiger partial charge is 0.459 e. The molecule has 0 heterocycles. The van der Waals surface area contributed by atoms with Crippen molar-refractivity contribution in [2.75, 3.05) is 6.61 Å². The Morgan fingerprint density at radius 2 is 2.15 bits per heavy atom. The van der Waals surface area contributed by atoms with Crippen LogP contribution in [0.5, 0.6) is 0 Å². The number of carbonyl (C=O) groups excluding carboxylic acids is 2. The van der Waals surface area contributed by atoms with E-state index in [0.717, 1.165) is 6.92 Å². The standard InChI is InChI=1S/C8H9NO4/c1-6(13-7(2)10)8(11)12-5-3-4-9/h1,3,5H2,2H3. The Balaban J connectivity index is 3.78. The predicted molar refractivity (Wildman–Crippen MR) is 42.1 cm³/mol. The zero-order valence-electron chi connectivity index (χ0n) is 7.20. The molecule has 0 aliphatic heterocycles. The van der Waals surface area contributed by atoms with Gasteiger partial charge in [-0.15, -0.1) is 0 Å². The monoisotopic (exact) mass is 183 g/mol. The summed E-state index contributed by atoms with van der Waals surface area (Å²) in [7, 11) is 0. The van der Waals surface area contributed by atoms with Crippen LogP contribution in [0.15, 0.2) is 12.3 Å². The van der Waals surface area contributed by atoms with Crippen LogP contribution in [0.2, 0.25) is 0 Å². The van der Waals surface area contributed by atoms with E-state index in [-0.39, 0.29) is 18.8 Å². The van der Waals surface area contributed by atoms with Crippen molar-refractivity contribution in [3.63, 3.8) is 0 Å². The number of esters is 2. The lowest BCUT2D eigenvalue weighted by atomic mass is 10.5. The number of hydrogen-bond donors (Lipinski definition) is 0. The molecule has 0 amide bonds. The normalized spacial score (nSPS) is 8.31. The molecular weight excluding hydrogens is 174 g/mol. The van der Waals surface area contributed by atoms with Crippen molar-refractivity contribution in [2.24, 2.45) is 0 Å². The number of hydrogen-bond acceptors (Lipinski definition) is 5. The number of ether oxygens (including phenoxy) is 2. The maximum Gasteiger partial charge on any atom is 0.373 e. The third kappa shape index (κ3) is 5.44. The minimum absolute atomic E-state index is 0.0321. The van der Waals surface area contributed by atoms with E-state index in [1.807, 2.05) is 0 Å². The Morgan fingerprint density at radius 1 is 1.54 bits per heavy atom. The molecule has 0 bridgehead atoms. The number of carbonyl (C=O) groups is 2. The molecule has 0 N–H and O–H groups in total. The quantitative estimate of drug-likeness (QED) is 0.275. The molecule has 0 spiro atoms. The average molecular weight is 183 g/mol. The molecule has 5 nitrogen and oxygen atoms in total. The Kier molecular flexibility index (Phi) is 4.96. The first-order valence-corrected chi connectivity index (χ1v) is 3.49. The smallest absolute Gasteiger partial charge is 0.373 e. The minimum Gasteiger partial charge on any atom is -0.459 e. The van der Waals surface area contributed by atoms with Crippen molar-refractivity contribution in [1.29, 1.82) is 5.26 Å². The van der Waals surface area contributed by atoms with Crippen molar-refractivity contribution in [1.82, 2.24) is 0 Å². The number of rotatable bonds is 4. The van der Waals surface area contributed by atoms with E-state index in [4.69, 9.17) is 5.26 Å². The number of nitriles is 1. The third-order valence-electron chi connectivity index (χ3n) is 0.942. The van der Waals surface area contributed by atoms with Crippen molar-refractivity contribution in [3.05, 3.63) is 12.3 Å². The molecule has 0 aliphatic carbocycles. The highest BCUT2D eigenvalue weighted by Crippen LogP contribution is 1.98. The van der Waals surface area contributed by atoms with Gasteiger partial charge < -0.3 is 9.47 Å². The number of nitrogens with zero attached hydrogens (tertiary/aromatic N) is 1. The van der Waals surface area contributed by atoms with Gasteiger partial charge in [-0.25, -0.2) is 4.79 Å². The van der Waals surface area contributed by atoms with E-state index in [2.05, 4.69) is 16.1 Å². The average Bonchev–Trinajstić information content (AvgIpc) is 2.03. The first-order chi connectivity index (χ1) is 6.07. The summed E-state index contributed by atoms with van der Waals surface area (Å²) in [6.07, 6.45) is 0.0963. The van der Waals surface area contributed by atoms with E-state index >= 15 is 0 Å². The highest BCUT2D eigenvalue weighted by atomic mass is 16.6. The fourth-order valence-corrected chi connectivity index (χ4v) is 0.485. The van der Waals surface area contributed by atoms with Crippen LogP contribution in [-0.4, -0.2) is 18.5 Å². The molecule has 0 aromatic heterocycles. The Labute approximate surface area is 75.5 Å². The Hall–Kier alpha value is -1.83. The molecule has 0 radical (unpaired) electrons. The van der Waals surface area contributed by atoms with Gasteiger partial charge >= 0.3 is 11.9 Å². The van der Waals surface area contributed by atoms with Crippen LogP contribution < -0.4 is 0 Å². The van der Waals surface area contributed by atoms with Gasteiger partial charge in [-0.2, -0.15) is 5.26 Å². The molecule has 0 fully saturated rings. The van der Waals surface area contributed by atoms with Gasteiger partial charge in [0, 0.05) is 6.92 Å². The molecule has 13 heavy (non-hydrogen) atoms. The molecule has 0 aromatic carbocycles. The fourth-order valence-electron chi connectivity index (χ4n) is 0.485. The zero-order valence-corrected chi connectivity index (χ0v) is 7.20. The highest BCUT2D eigenvalue weighted by molar-refractivity contribution is 5.88. The molecule has 5 heteroatoms. The zero-order chi connectivity index (χ0) is 10.3. The van der Waals surface area contributed by atoms with Crippen molar-refractivity contribution in [3.8, 4) is 6.07 Å². The summed E-state index contributed by atoms with van der Waals surface area (Å²) >= 11 is 0. The summed E-state index contributed by atoms with van der Waals surface area (Å²) in [5, 5.41) is 8.11. The fraction of sp³-hybridized carbons (Fsp3) is 0.375. The maximum absolute atomic E-state index is 10.8. The summed E-state index contributed by atoms with van der Waals surface area (Å²) in [6, 6.07) is 1.79. The summed E-state index contributed by atoms with van der Waals surface area (Å²) < 4.78 is 8.86. The van der Waals surface area contributed by atoms with Gasteiger partial charge in [-0.05, 0) is 6.58 Å². The summed E-state index contributed by atoms with van der Waals surface area (Å²) in [4.78, 5) is 21.2. The molecule has 0 saturated carbocycles. The van der Waals surface area contributed by atoms with E-state index < -0.39 is 11.9 Å². The molecule has 0 aromatic rings. The van der Waals surface area contributed by atoms with Gasteiger partial charge in [-0.1, -0.05) is 0 Å². The van der Waals surface area contributed by atoms with Crippen LogP contribution in [0.4, 0.5) is 0 Å². The van der Waals surface area contributed by atoms with E-state index in [1.54, 1.807) is 6.07 Å².